The molecule has 19 heavy (non-hydrogen) atoms. The highest BCUT2D eigenvalue weighted by atomic mass is 32.1. The smallest absolute Gasteiger partial charge is 0.308 e. The summed E-state index contributed by atoms with van der Waals surface area (Å²) in [6.45, 7) is 5.57. The molecule has 5 heteroatoms. The lowest BCUT2D eigenvalue weighted by atomic mass is 10.2. The quantitative estimate of drug-likeness (QED) is 0.834. The fourth-order valence-corrected chi connectivity index (χ4v) is 3.61. The largest absolute Gasteiger partial charge is 0.481 e. The first-order chi connectivity index (χ1) is 9.19. The Morgan fingerprint density at radius 3 is 2.74 bits per heavy atom. The molecule has 0 aliphatic carbocycles. The van der Waals surface area contributed by atoms with Crippen LogP contribution in [0.1, 0.15) is 41.8 Å². The van der Waals surface area contributed by atoms with Crippen molar-refractivity contribution in [2.24, 2.45) is 0 Å². The zero-order valence-electron chi connectivity index (χ0n) is 11.5. The summed E-state index contributed by atoms with van der Waals surface area (Å²) < 4.78 is 0. The number of carboxylic acid groups (broad SMARTS) is 1. The minimum atomic E-state index is -0.757. The van der Waals surface area contributed by atoms with E-state index in [1.165, 1.54) is 25.9 Å². The topological polar surface area (TPSA) is 53.4 Å². The molecule has 0 unspecified atom stereocenters. The van der Waals surface area contributed by atoms with Crippen LogP contribution in [0.15, 0.2) is 0 Å². The Morgan fingerprint density at radius 2 is 2.11 bits per heavy atom. The van der Waals surface area contributed by atoms with Crippen LogP contribution in [0.5, 0.6) is 0 Å². The lowest BCUT2D eigenvalue weighted by Gasteiger charge is -2.12. The van der Waals surface area contributed by atoms with Gasteiger partial charge < -0.3 is 10.0 Å². The van der Waals surface area contributed by atoms with E-state index in [-0.39, 0.29) is 6.42 Å². The van der Waals surface area contributed by atoms with Crippen LogP contribution in [0.4, 0.5) is 0 Å². The van der Waals surface area contributed by atoms with E-state index in [2.05, 4.69) is 16.8 Å². The summed E-state index contributed by atoms with van der Waals surface area (Å²) in [6, 6.07) is 0. The van der Waals surface area contributed by atoms with E-state index in [0.29, 0.717) is 0 Å². The van der Waals surface area contributed by atoms with Gasteiger partial charge in [0.05, 0.1) is 17.1 Å². The standard InChI is InChI=1S/C14H22N2O2S/c1-2-5-11-12(10-14(17)18)19-13(15-11)6-9-16-7-3-4-8-16/h2-10H2,1H3,(H,17,18). The molecule has 106 valence electrons. The number of aryl methyl sites for hydroxylation is 1. The Kier molecular flexibility index (Phi) is 5.34. The molecule has 0 atom stereocenters. The number of aliphatic carboxylic acids is 1. The summed E-state index contributed by atoms with van der Waals surface area (Å²) in [5.41, 5.74) is 1.01. The molecule has 1 aliphatic rings. The summed E-state index contributed by atoms with van der Waals surface area (Å²) in [5.74, 6) is -0.757. The molecule has 4 nitrogen and oxygen atoms in total. The Balaban J connectivity index is 1.97. The summed E-state index contributed by atoms with van der Waals surface area (Å²) in [6.07, 6.45) is 5.61. The third-order valence-corrected chi connectivity index (χ3v) is 4.62. The van der Waals surface area contributed by atoms with Crippen LogP contribution in [-0.2, 0) is 24.1 Å². The van der Waals surface area contributed by atoms with Gasteiger partial charge >= 0.3 is 5.97 Å². The highest BCUT2D eigenvalue weighted by Crippen LogP contribution is 2.22. The maximum Gasteiger partial charge on any atom is 0.308 e. The van der Waals surface area contributed by atoms with Crippen molar-refractivity contribution >= 4 is 17.3 Å². The highest BCUT2D eigenvalue weighted by molar-refractivity contribution is 7.11. The highest BCUT2D eigenvalue weighted by Gasteiger charge is 2.15. The van der Waals surface area contributed by atoms with Gasteiger partial charge in [0.25, 0.3) is 0 Å². The zero-order valence-corrected chi connectivity index (χ0v) is 12.3. The second-order valence-electron chi connectivity index (χ2n) is 5.10. The van der Waals surface area contributed by atoms with Gasteiger partial charge in [-0.3, -0.25) is 4.79 Å². The molecule has 1 N–H and O–H groups in total. The van der Waals surface area contributed by atoms with E-state index in [4.69, 9.17) is 5.11 Å². The molecule has 0 spiro atoms. The lowest BCUT2D eigenvalue weighted by Crippen LogP contribution is -2.21. The van der Waals surface area contributed by atoms with Crippen LogP contribution in [0.25, 0.3) is 0 Å². The molecule has 1 aromatic heterocycles. The van der Waals surface area contributed by atoms with Crippen molar-refractivity contribution in [3.8, 4) is 0 Å². The Morgan fingerprint density at radius 1 is 1.37 bits per heavy atom. The van der Waals surface area contributed by atoms with Crippen molar-refractivity contribution in [3.63, 3.8) is 0 Å². The molecule has 1 saturated heterocycles. The predicted octanol–water partition coefficient (Wildman–Crippen LogP) is 2.36. The third-order valence-electron chi connectivity index (χ3n) is 3.46. The minimum absolute atomic E-state index is 0.122. The van der Waals surface area contributed by atoms with Crippen molar-refractivity contribution in [1.82, 2.24) is 9.88 Å². The number of aromatic nitrogens is 1. The molecule has 0 amide bonds. The van der Waals surface area contributed by atoms with Crippen LogP contribution in [0, 0.1) is 0 Å². The van der Waals surface area contributed by atoms with Crippen molar-refractivity contribution in [3.05, 3.63) is 15.6 Å². The van der Waals surface area contributed by atoms with Gasteiger partial charge in [-0.1, -0.05) is 13.3 Å². The zero-order chi connectivity index (χ0) is 13.7. The molecule has 2 heterocycles. The van der Waals surface area contributed by atoms with Crippen molar-refractivity contribution in [2.75, 3.05) is 19.6 Å². The number of carbonyl (C=O) groups is 1. The van der Waals surface area contributed by atoms with E-state index in [0.717, 1.165) is 41.4 Å². The van der Waals surface area contributed by atoms with Gasteiger partial charge in [0.2, 0.25) is 0 Å². The van der Waals surface area contributed by atoms with E-state index < -0.39 is 5.97 Å². The van der Waals surface area contributed by atoms with Gasteiger partial charge in [-0.25, -0.2) is 4.98 Å². The van der Waals surface area contributed by atoms with E-state index in [9.17, 15) is 4.79 Å². The van der Waals surface area contributed by atoms with Gasteiger partial charge in [0.1, 0.15) is 0 Å². The monoisotopic (exact) mass is 282 g/mol. The molecular weight excluding hydrogens is 260 g/mol. The fourth-order valence-electron chi connectivity index (χ4n) is 2.51. The first-order valence-electron chi connectivity index (χ1n) is 7.10. The van der Waals surface area contributed by atoms with Gasteiger partial charge in [0.15, 0.2) is 0 Å². The van der Waals surface area contributed by atoms with Crippen LogP contribution in [0.2, 0.25) is 0 Å². The van der Waals surface area contributed by atoms with E-state index in [1.807, 2.05) is 0 Å². The average Bonchev–Trinajstić information content (AvgIpc) is 2.97. The molecule has 1 fully saturated rings. The first-order valence-corrected chi connectivity index (χ1v) is 7.92. The number of carboxylic acids is 1. The molecule has 1 aliphatic heterocycles. The van der Waals surface area contributed by atoms with Crippen molar-refractivity contribution in [1.29, 1.82) is 0 Å². The number of hydrogen-bond acceptors (Lipinski definition) is 4. The van der Waals surface area contributed by atoms with E-state index in [1.54, 1.807) is 11.3 Å². The SMILES string of the molecule is CCCc1nc(CCN2CCCC2)sc1CC(=O)O. The molecule has 0 radical (unpaired) electrons. The second kappa shape index (κ2) is 7.01. The van der Waals surface area contributed by atoms with Crippen LogP contribution < -0.4 is 0 Å². The van der Waals surface area contributed by atoms with Gasteiger partial charge in [-0.05, 0) is 32.4 Å². The van der Waals surface area contributed by atoms with E-state index >= 15 is 0 Å². The lowest BCUT2D eigenvalue weighted by molar-refractivity contribution is -0.136. The van der Waals surface area contributed by atoms with Crippen LogP contribution >= 0.6 is 11.3 Å². The Labute approximate surface area is 118 Å². The molecule has 0 bridgehead atoms. The summed E-state index contributed by atoms with van der Waals surface area (Å²) in [5, 5.41) is 10.0. The maximum atomic E-state index is 10.9. The van der Waals surface area contributed by atoms with Gasteiger partial charge in [0, 0.05) is 17.8 Å². The first kappa shape index (κ1) is 14.5. The van der Waals surface area contributed by atoms with Crippen molar-refractivity contribution < 1.29 is 9.90 Å². The summed E-state index contributed by atoms with van der Waals surface area (Å²) >= 11 is 1.59. The second-order valence-corrected chi connectivity index (χ2v) is 6.26. The summed E-state index contributed by atoms with van der Waals surface area (Å²) in [7, 11) is 0. The fraction of sp³-hybridized carbons (Fsp3) is 0.714. The molecule has 2 rings (SSSR count). The number of rotatable bonds is 7. The normalized spacial score (nSPS) is 16.1. The van der Waals surface area contributed by atoms with Gasteiger partial charge in [-0.15, -0.1) is 11.3 Å². The van der Waals surface area contributed by atoms with Crippen LogP contribution in [-0.4, -0.2) is 40.6 Å². The number of likely N-dealkylation sites (tertiary alicyclic amines) is 1. The third kappa shape index (κ3) is 4.28. The molecule has 1 aromatic rings. The number of thiazole rings is 1. The predicted molar refractivity (Wildman–Crippen MR) is 76.8 cm³/mol. The molecular formula is C14H22N2O2S. The summed E-state index contributed by atoms with van der Waals surface area (Å²) in [4.78, 5) is 18.9. The number of hydrogen-bond donors (Lipinski definition) is 1. The molecule has 0 aromatic carbocycles. The number of nitrogens with zero attached hydrogens (tertiary/aromatic N) is 2. The Hall–Kier alpha value is -0.940. The average molecular weight is 282 g/mol. The van der Waals surface area contributed by atoms with Gasteiger partial charge in [-0.2, -0.15) is 0 Å². The molecule has 0 saturated carbocycles. The minimum Gasteiger partial charge on any atom is -0.481 e. The maximum absolute atomic E-state index is 10.9. The van der Waals surface area contributed by atoms with Crippen molar-refractivity contribution in [2.45, 2.75) is 45.4 Å². The van der Waals surface area contributed by atoms with Crippen LogP contribution in [0.3, 0.4) is 0 Å². The Bertz CT molecular complexity index is 425.